The Hall–Kier alpha value is -1.81. The number of benzene rings is 2. The lowest BCUT2D eigenvalue weighted by atomic mass is 10.2. The first-order chi connectivity index (χ1) is 13.3. The molecule has 0 atom stereocenters. The van der Waals surface area contributed by atoms with E-state index in [1.165, 1.54) is 34.6 Å². The zero-order valence-electron chi connectivity index (χ0n) is 15.4. The van der Waals surface area contributed by atoms with Crippen molar-refractivity contribution >= 4 is 37.5 Å². The van der Waals surface area contributed by atoms with Gasteiger partial charge in [-0.1, -0.05) is 28.9 Å². The van der Waals surface area contributed by atoms with Gasteiger partial charge in [-0.05, 0) is 42.9 Å². The summed E-state index contributed by atoms with van der Waals surface area (Å²) >= 11 is 3.21. The second-order valence-electron chi connectivity index (χ2n) is 6.44. The van der Waals surface area contributed by atoms with Crippen molar-refractivity contribution in [2.45, 2.75) is 11.8 Å². The Morgan fingerprint density at radius 2 is 1.86 bits per heavy atom. The number of carbonyl (C=O) groups is 1. The average Bonchev–Trinajstić information content (AvgIpc) is 2.70. The molecule has 28 heavy (non-hydrogen) atoms. The number of rotatable bonds is 5. The second-order valence-corrected chi connectivity index (χ2v) is 9.30. The van der Waals surface area contributed by atoms with Crippen LogP contribution in [-0.2, 0) is 10.0 Å². The van der Waals surface area contributed by atoms with Crippen LogP contribution in [-0.4, -0.2) is 56.3 Å². The van der Waals surface area contributed by atoms with Crippen molar-refractivity contribution in [3.8, 4) is 0 Å². The number of anilines is 1. The Morgan fingerprint density at radius 1 is 1.14 bits per heavy atom. The summed E-state index contributed by atoms with van der Waals surface area (Å²) < 4.78 is 41.8. The first kappa shape index (κ1) is 20.9. The van der Waals surface area contributed by atoms with E-state index in [4.69, 9.17) is 0 Å². The van der Waals surface area contributed by atoms with Gasteiger partial charge in [-0.2, -0.15) is 4.31 Å². The summed E-state index contributed by atoms with van der Waals surface area (Å²) in [6.07, 6.45) is 0. The highest BCUT2D eigenvalue weighted by atomic mass is 79.9. The number of hydrogen-bond acceptors (Lipinski definition) is 4. The minimum Gasteiger partial charge on any atom is -0.322 e. The minimum absolute atomic E-state index is 0.102. The standard InChI is InChI=1S/C19H21BrFN3O3S/c1-2-23-8-10-24(11-9-23)28(26,27)16-5-3-4-15(13-16)22-19(25)17-12-14(20)6-7-18(17)21/h3-7,12-13H,2,8-11H2,1H3,(H,22,25). The summed E-state index contributed by atoms with van der Waals surface area (Å²) in [4.78, 5) is 14.7. The number of halogens is 2. The molecule has 6 nitrogen and oxygen atoms in total. The first-order valence-corrected chi connectivity index (χ1v) is 11.1. The van der Waals surface area contributed by atoms with Crippen LogP contribution in [0.25, 0.3) is 0 Å². The maximum absolute atomic E-state index is 13.9. The Balaban J connectivity index is 1.78. The van der Waals surface area contributed by atoms with Crippen LogP contribution in [0.5, 0.6) is 0 Å². The fourth-order valence-electron chi connectivity index (χ4n) is 3.04. The van der Waals surface area contributed by atoms with Crippen LogP contribution < -0.4 is 5.32 Å². The summed E-state index contributed by atoms with van der Waals surface area (Å²) in [6, 6.07) is 10.1. The van der Waals surface area contributed by atoms with E-state index in [-0.39, 0.29) is 16.1 Å². The fraction of sp³-hybridized carbons (Fsp3) is 0.316. The molecule has 0 unspecified atom stereocenters. The van der Waals surface area contributed by atoms with Crippen LogP contribution in [0.1, 0.15) is 17.3 Å². The molecule has 0 saturated carbocycles. The molecule has 0 bridgehead atoms. The van der Waals surface area contributed by atoms with Crippen molar-refractivity contribution in [2.75, 3.05) is 38.0 Å². The number of hydrogen-bond donors (Lipinski definition) is 1. The zero-order valence-corrected chi connectivity index (χ0v) is 17.8. The Labute approximate surface area is 172 Å². The highest BCUT2D eigenvalue weighted by molar-refractivity contribution is 9.10. The third-order valence-electron chi connectivity index (χ3n) is 4.68. The Kier molecular flexibility index (Phi) is 6.49. The molecule has 0 radical (unpaired) electrons. The first-order valence-electron chi connectivity index (χ1n) is 8.90. The molecule has 0 aromatic heterocycles. The van der Waals surface area contributed by atoms with E-state index in [9.17, 15) is 17.6 Å². The second kappa shape index (κ2) is 8.69. The Bertz CT molecular complexity index is 976. The maximum Gasteiger partial charge on any atom is 0.258 e. The predicted octanol–water partition coefficient (Wildman–Crippen LogP) is 3.17. The van der Waals surface area contributed by atoms with E-state index >= 15 is 0 Å². The molecule has 150 valence electrons. The summed E-state index contributed by atoms with van der Waals surface area (Å²) in [5.41, 5.74) is 0.163. The molecule has 2 aromatic carbocycles. The molecular weight excluding hydrogens is 449 g/mol. The van der Waals surface area contributed by atoms with Crippen LogP contribution in [0.2, 0.25) is 0 Å². The van der Waals surface area contributed by atoms with Gasteiger partial charge < -0.3 is 10.2 Å². The summed E-state index contributed by atoms with van der Waals surface area (Å²) in [7, 11) is -3.66. The molecule has 1 heterocycles. The van der Waals surface area contributed by atoms with Gasteiger partial charge in [0.2, 0.25) is 10.0 Å². The van der Waals surface area contributed by atoms with Crippen molar-refractivity contribution in [3.63, 3.8) is 0 Å². The van der Waals surface area contributed by atoms with Crippen molar-refractivity contribution < 1.29 is 17.6 Å². The van der Waals surface area contributed by atoms with Gasteiger partial charge in [0.15, 0.2) is 0 Å². The van der Waals surface area contributed by atoms with Gasteiger partial charge in [-0.3, -0.25) is 4.79 Å². The largest absolute Gasteiger partial charge is 0.322 e. The minimum atomic E-state index is -3.66. The van der Waals surface area contributed by atoms with Crippen LogP contribution in [0.15, 0.2) is 51.8 Å². The van der Waals surface area contributed by atoms with Gasteiger partial charge in [0, 0.05) is 36.3 Å². The molecule has 3 rings (SSSR count). The predicted molar refractivity (Wildman–Crippen MR) is 109 cm³/mol. The molecule has 1 amide bonds. The number of amides is 1. The molecular formula is C19H21BrFN3O3S. The highest BCUT2D eigenvalue weighted by Gasteiger charge is 2.28. The molecule has 0 aliphatic carbocycles. The normalized spacial score (nSPS) is 16.1. The number of nitrogens with zero attached hydrogens (tertiary/aromatic N) is 2. The van der Waals surface area contributed by atoms with Crippen LogP contribution in [0.3, 0.4) is 0 Å². The summed E-state index contributed by atoms with van der Waals surface area (Å²) in [5.74, 6) is -1.30. The third kappa shape index (κ3) is 4.60. The molecule has 2 aromatic rings. The van der Waals surface area contributed by atoms with E-state index in [2.05, 4.69) is 26.1 Å². The lowest BCUT2D eigenvalue weighted by Crippen LogP contribution is -2.48. The van der Waals surface area contributed by atoms with Crippen LogP contribution in [0.4, 0.5) is 10.1 Å². The molecule has 0 spiro atoms. The number of sulfonamides is 1. The van der Waals surface area contributed by atoms with Gasteiger partial charge >= 0.3 is 0 Å². The molecule has 1 fully saturated rings. The van der Waals surface area contributed by atoms with Gasteiger partial charge in [-0.15, -0.1) is 0 Å². The fourth-order valence-corrected chi connectivity index (χ4v) is 4.87. The molecule has 1 aliphatic rings. The average molecular weight is 470 g/mol. The number of piperazine rings is 1. The van der Waals surface area contributed by atoms with E-state index in [0.29, 0.717) is 30.7 Å². The lowest BCUT2D eigenvalue weighted by Gasteiger charge is -2.33. The topological polar surface area (TPSA) is 69.7 Å². The lowest BCUT2D eigenvalue weighted by molar-refractivity contribution is 0.102. The third-order valence-corrected chi connectivity index (χ3v) is 7.07. The summed E-state index contributed by atoms with van der Waals surface area (Å²) in [5, 5.41) is 2.57. The van der Waals surface area contributed by atoms with E-state index < -0.39 is 21.7 Å². The maximum atomic E-state index is 13.9. The van der Waals surface area contributed by atoms with Crippen molar-refractivity contribution in [3.05, 3.63) is 58.3 Å². The zero-order chi connectivity index (χ0) is 20.3. The van der Waals surface area contributed by atoms with Gasteiger partial charge in [0.05, 0.1) is 10.5 Å². The monoisotopic (exact) mass is 469 g/mol. The van der Waals surface area contributed by atoms with Crippen LogP contribution in [0, 0.1) is 5.82 Å². The SMILES string of the molecule is CCN1CCN(S(=O)(=O)c2cccc(NC(=O)c3cc(Br)ccc3F)c2)CC1. The van der Waals surface area contributed by atoms with E-state index in [1.54, 1.807) is 12.1 Å². The number of nitrogens with one attached hydrogen (secondary N) is 1. The van der Waals surface area contributed by atoms with Gasteiger partial charge in [0.25, 0.3) is 5.91 Å². The highest BCUT2D eigenvalue weighted by Crippen LogP contribution is 2.22. The summed E-state index contributed by atoms with van der Waals surface area (Å²) in [6.45, 7) is 5.17. The number of carbonyl (C=O) groups excluding carboxylic acids is 1. The molecule has 1 saturated heterocycles. The van der Waals surface area contributed by atoms with Crippen molar-refractivity contribution in [2.24, 2.45) is 0 Å². The quantitative estimate of drug-likeness (QED) is 0.729. The molecule has 9 heteroatoms. The van der Waals surface area contributed by atoms with Gasteiger partial charge in [0.1, 0.15) is 5.82 Å². The van der Waals surface area contributed by atoms with E-state index in [0.717, 1.165) is 6.54 Å². The van der Waals surface area contributed by atoms with Gasteiger partial charge in [-0.25, -0.2) is 12.8 Å². The number of likely N-dealkylation sites (N-methyl/N-ethyl adjacent to an activating group) is 1. The van der Waals surface area contributed by atoms with Crippen molar-refractivity contribution in [1.29, 1.82) is 0 Å². The van der Waals surface area contributed by atoms with Crippen molar-refractivity contribution in [1.82, 2.24) is 9.21 Å². The smallest absolute Gasteiger partial charge is 0.258 e. The molecule has 1 aliphatic heterocycles. The van der Waals surface area contributed by atoms with E-state index in [1.807, 2.05) is 6.92 Å². The molecule has 1 N–H and O–H groups in total. The van der Waals surface area contributed by atoms with Crippen LogP contribution >= 0.6 is 15.9 Å². The Morgan fingerprint density at radius 3 is 2.54 bits per heavy atom.